The van der Waals surface area contributed by atoms with Gasteiger partial charge in [-0.15, -0.1) is 0 Å². The summed E-state index contributed by atoms with van der Waals surface area (Å²) >= 11 is 0. The highest BCUT2D eigenvalue weighted by Crippen LogP contribution is 2.27. The SMILES string of the molecule is CCOc1ccc(N2CC(C(=O)Nc3cccc(C(=O)OC)c3)CC2=O)cc1. The molecular weight excluding hydrogens is 360 g/mol. The van der Waals surface area contributed by atoms with E-state index in [0.29, 0.717) is 24.4 Å². The van der Waals surface area contributed by atoms with Crippen molar-refractivity contribution in [2.45, 2.75) is 13.3 Å². The molecule has 0 bridgehead atoms. The number of methoxy groups -OCH3 is 1. The molecule has 2 aromatic rings. The third-order valence-corrected chi connectivity index (χ3v) is 4.51. The Labute approximate surface area is 163 Å². The maximum absolute atomic E-state index is 12.6. The van der Waals surface area contributed by atoms with E-state index in [-0.39, 0.29) is 18.2 Å². The van der Waals surface area contributed by atoms with Crippen LogP contribution in [0.2, 0.25) is 0 Å². The first kappa shape index (κ1) is 19.4. The molecule has 0 radical (unpaired) electrons. The number of ether oxygens (including phenoxy) is 2. The van der Waals surface area contributed by atoms with Crippen LogP contribution in [0.4, 0.5) is 11.4 Å². The highest BCUT2D eigenvalue weighted by molar-refractivity contribution is 6.03. The average molecular weight is 382 g/mol. The predicted molar refractivity (Wildman–Crippen MR) is 104 cm³/mol. The van der Waals surface area contributed by atoms with Crippen molar-refractivity contribution in [1.82, 2.24) is 0 Å². The fraction of sp³-hybridized carbons (Fsp3) is 0.286. The molecule has 1 atom stereocenters. The third kappa shape index (κ3) is 4.31. The summed E-state index contributed by atoms with van der Waals surface area (Å²) in [7, 11) is 1.30. The Hall–Kier alpha value is -3.35. The summed E-state index contributed by atoms with van der Waals surface area (Å²) in [4.78, 5) is 38.2. The Bertz CT molecular complexity index is 879. The van der Waals surface area contributed by atoms with Crippen LogP contribution in [0.3, 0.4) is 0 Å². The molecule has 1 heterocycles. The highest BCUT2D eigenvalue weighted by atomic mass is 16.5. The van der Waals surface area contributed by atoms with Crippen molar-refractivity contribution in [3.63, 3.8) is 0 Å². The molecule has 3 rings (SSSR count). The molecule has 146 valence electrons. The number of carbonyl (C=O) groups is 3. The molecule has 0 spiro atoms. The number of nitrogens with zero attached hydrogens (tertiary/aromatic N) is 1. The molecule has 1 N–H and O–H groups in total. The Morgan fingerprint density at radius 1 is 1.18 bits per heavy atom. The van der Waals surface area contributed by atoms with Crippen LogP contribution in [0, 0.1) is 5.92 Å². The van der Waals surface area contributed by atoms with Crippen LogP contribution in [-0.4, -0.2) is 38.0 Å². The van der Waals surface area contributed by atoms with E-state index < -0.39 is 11.9 Å². The lowest BCUT2D eigenvalue weighted by Crippen LogP contribution is -2.28. The minimum Gasteiger partial charge on any atom is -0.494 e. The van der Waals surface area contributed by atoms with Crippen LogP contribution in [-0.2, 0) is 14.3 Å². The highest BCUT2D eigenvalue weighted by Gasteiger charge is 2.35. The minimum atomic E-state index is -0.478. The number of esters is 1. The zero-order chi connectivity index (χ0) is 20.1. The molecular formula is C21H22N2O5. The fourth-order valence-electron chi connectivity index (χ4n) is 3.11. The second-order valence-electron chi connectivity index (χ2n) is 6.39. The summed E-state index contributed by atoms with van der Waals surface area (Å²) in [6.45, 7) is 2.78. The van der Waals surface area contributed by atoms with Crippen molar-refractivity contribution in [2.24, 2.45) is 5.92 Å². The van der Waals surface area contributed by atoms with Gasteiger partial charge >= 0.3 is 5.97 Å². The smallest absolute Gasteiger partial charge is 0.337 e. The molecule has 1 aliphatic heterocycles. The predicted octanol–water partition coefficient (Wildman–Crippen LogP) is 2.86. The first-order valence-corrected chi connectivity index (χ1v) is 9.04. The van der Waals surface area contributed by atoms with Crippen LogP contribution < -0.4 is 15.0 Å². The van der Waals surface area contributed by atoms with E-state index >= 15 is 0 Å². The van der Waals surface area contributed by atoms with E-state index in [4.69, 9.17) is 4.74 Å². The van der Waals surface area contributed by atoms with E-state index in [1.807, 2.05) is 19.1 Å². The van der Waals surface area contributed by atoms with Crippen molar-refractivity contribution < 1.29 is 23.9 Å². The molecule has 1 saturated heterocycles. The van der Waals surface area contributed by atoms with E-state index in [1.54, 1.807) is 41.3 Å². The van der Waals surface area contributed by atoms with Gasteiger partial charge in [-0.25, -0.2) is 4.79 Å². The second-order valence-corrected chi connectivity index (χ2v) is 6.39. The van der Waals surface area contributed by atoms with Gasteiger partial charge in [0.1, 0.15) is 5.75 Å². The van der Waals surface area contributed by atoms with Gasteiger partial charge in [0.05, 0.1) is 25.2 Å². The van der Waals surface area contributed by atoms with Crippen molar-refractivity contribution in [2.75, 3.05) is 30.5 Å². The summed E-state index contributed by atoms with van der Waals surface area (Å²) < 4.78 is 10.1. The number of nitrogens with one attached hydrogen (secondary N) is 1. The quantitative estimate of drug-likeness (QED) is 0.777. The molecule has 1 aliphatic rings. The van der Waals surface area contributed by atoms with Crippen LogP contribution in [0.15, 0.2) is 48.5 Å². The first-order valence-electron chi connectivity index (χ1n) is 9.04. The molecule has 2 amide bonds. The van der Waals surface area contributed by atoms with Crippen molar-refractivity contribution >= 4 is 29.2 Å². The van der Waals surface area contributed by atoms with Crippen LogP contribution in [0.25, 0.3) is 0 Å². The topological polar surface area (TPSA) is 84.9 Å². The minimum absolute atomic E-state index is 0.104. The zero-order valence-electron chi connectivity index (χ0n) is 15.8. The maximum atomic E-state index is 12.6. The van der Waals surface area contributed by atoms with Gasteiger partial charge in [0.15, 0.2) is 0 Å². The molecule has 28 heavy (non-hydrogen) atoms. The third-order valence-electron chi connectivity index (χ3n) is 4.51. The monoisotopic (exact) mass is 382 g/mol. The van der Waals surface area contributed by atoms with Crippen molar-refractivity contribution in [3.05, 3.63) is 54.1 Å². The van der Waals surface area contributed by atoms with Gasteiger partial charge < -0.3 is 19.7 Å². The number of hydrogen-bond donors (Lipinski definition) is 1. The van der Waals surface area contributed by atoms with Crippen LogP contribution >= 0.6 is 0 Å². The molecule has 7 nitrogen and oxygen atoms in total. The van der Waals surface area contributed by atoms with Gasteiger partial charge in [-0.05, 0) is 49.4 Å². The van der Waals surface area contributed by atoms with Crippen LogP contribution in [0.5, 0.6) is 5.75 Å². The number of anilines is 2. The molecule has 7 heteroatoms. The summed E-state index contributed by atoms with van der Waals surface area (Å²) in [6, 6.07) is 13.7. The largest absolute Gasteiger partial charge is 0.494 e. The van der Waals surface area contributed by atoms with Crippen LogP contribution in [0.1, 0.15) is 23.7 Å². The molecule has 1 fully saturated rings. The van der Waals surface area contributed by atoms with E-state index in [2.05, 4.69) is 10.1 Å². The van der Waals surface area contributed by atoms with Gasteiger partial charge in [-0.2, -0.15) is 0 Å². The lowest BCUT2D eigenvalue weighted by atomic mass is 10.1. The van der Waals surface area contributed by atoms with Gasteiger partial charge in [-0.3, -0.25) is 9.59 Å². The lowest BCUT2D eigenvalue weighted by molar-refractivity contribution is -0.122. The Balaban J connectivity index is 1.66. The number of hydrogen-bond acceptors (Lipinski definition) is 5. The van der Waals surface area contributed by atoms with E-state index in [0.717, 1.165) is 11.4 Å². The first-order chi connectivity index (χ1) is 13.5. The molecule has 0 saturated carbocycles. The Morgan fingerprint density at radius 3 is 2.61 bits per heavy atom. The number of amides is 2. The number of carbonyl (C=O) groups excluding carboxylic acids is 3. The number of benzene rings is 2. The van der Waals surface area contributed by atoms with E-state index in [9.17, 15) is 14.4 Å². The molecule has 2 aromatic carbocycles. The standard InChI is InChI=1S/C21H22N2O5/c1-3-28-18-9-7-17(8-10-18)23-13-15(12-19(23)24)20(25)22-16-6-4-5-14(11-16)21(26)27-2/h4-11,15H,3,12-13H2,1-2H3,(H,22,25). The Kier molecular flexibility index (Phi) is 5.93. The lowest BCUT2D eigenvalue weighted by Gasteiger charge is -2.17. The van der Waals surface area contributed by atoms with E-state index in [1.165, 1.54) is 7.11 Å². The molecule has 1 unspecified atom stereocenters. The number of rotatable bonds is 6. The maximum Gasteiger partial charge on any atom is 0.337 e. The molecule has 0 aromatic heterocycles. The Morgan fingerprint density at radius 2 is 1.93 bits per heavy atom. The normalized spacial score (nSPS) is 16.0. The summed E-state index contributed by atoms with van der Waals surface area (Å²) in [6.07, 6.45) is 0.135. The van der Waals surface area contributed by atoms with Gasteiger partial charge in [-0.1, -0.05) is 6.07 Å². The van der Waals surface area contributed by atoms with Crippen molar-refractivity contribution in [3.8, 4) is 5.75 Å². The zero-order valence-corrected chi connectivity index (χ0v) is 15.8. The fourth-order valence-corrected chi connectivity index (χ4v) is 3.11. The summed E-state index contributed by atoms with van der Waals surface area (Å²) in [5.74, 6) is -0.580. The van der Waals surface area contributed by atoms with Crippen molar-refractivity contribution in [1.29, 1.82) is 0 Å². The van der Waals surface area contributed by atoms with Gasteiger partial charge in [0.2, 0.25) is 11.8 Å². The van der Waals surface area contributed by atoms with Gasteiger partial charge in [0.25, 0.3) is 0 Å². The second kappa shape index (κ2) is 8.56. The summed E-state index contributed by atoms with van der Waals surface area (Å²) in [5, 5.41) is 2.78. The average Bonchev–Trinajstić information content (AvgIpc) is 3.10. The summed E-state index contributed by atoms with van der Waals surface area (Å²) in [5.41, 5.74) is 1.56. The molecule has 0 aliphatic carbocycles. The van der Waals surface area contributed by atoms with Gasteiger partial charge in [0, 0.05) is 24.3 Å².